The molecule has 0 aliphatic carbocycles. The van der Waals surface area contributed by atoms with Crippen molar-refractivity contribution in [3.63, 3.8) is 0 Å². The number of carbonyl (C=O) groups excluding carboxylic acids is 1. The fourth-order valence-electron chi connectivity index (χ4n) is 2.53. The minimum Gasteiger partial charge on any atom is -0.367 e. The van der Waals surface area contributed by atoms with Crippen molar-refractivity contribution in [1.29, 1.82) is 0 Å². The zero-order valence-corrected chi connectivity index (χ0v) is 14.6. The molecular formula is C19H22N6O. The molecule has 1 aromatic carbocycles. The van der Waals surface area contributed by atoms with Crippen LogP contribution in [0.4, 0.5) is 16.3 Å². The molecule has 0 bridgehead atoms. The van der Waals surface area contributed by atoms with Gasteiger partial charge < -0.3 is 20.5 Å². The second-order valence-electron chi connectivity index (χ2n) is 5.69. The smallest absolute Gasteiger partial charge is 0.319 e. The van der Waals surface area contributed by atoms with E-state index in [1.54, 1.807) is 0 Å². The number of benzene rings is 1. The molecule has 3 N–H and O–H groups in total. The summed E-state index contributed by atoms with van der Waals surface area (Å²) >= 11 is 0. The normalized spacial score (nSPS) is 10.3. The van der Waals surface area contributed by atoms with E-state index in [9.17, 15) is 4.79 Å². The molecule has 2 heterocycles. The van der Waals surface area contributed by atoms with Crippen molar-refractivity contribution in [2.75, 3.05) is 23.7 Å². The molecule has 0 fully saturated rings. The number of urea groups is 1. The van der Waals surface area contributed by atoms with Crippen LogP contribution < -0.4 is 16.0 Å². The molecule has 0 radical (unpaired) electrons. The van der Waals surface area contributed by atoms with Gasteiger partial charge in [-0.25, -0.2) is 4.79 Å². The van der Waals surface area contributed by atoms with Crippen molar-refractivity contribution < 1.29 is 4.79 Å². The van der Waals surface area contributed by atoms with E-state index in [2.05, 4.69) is 33.1 Å². The molecule has 0 unspecified atom stereocenters. The van der Waals surface area contributed by atoms with Crippen LogP contribution in [0.1, 0.15) is 12.5 Å². The number of carbonyl (C=O) groups is 1. The summed E-state index contributed by atoms with van der Waals surface area (Å²) in [6.45, 7) is 3.09. The van der Waals surface area contributed by atoms with Crippen molar-refractivity contribution in [1.82, 2.24) is 20.1 Å². The zero-order chi connectivity index (χ0) is 18.2. The van der Waals surface area contributed by atoms with Gasteiger partial charge in [-0.2, -0.15) is 0 Å². The Kier molecular flexibility index (Phi) is 5.82. The summed E-state index contributed by atoms with van der Waals surface area (Å²) in [5, 5.41) is 17.1. The molecule has 134 valence electrons. The minimum absolute atomic E-state index is 0.221. The average Bonchev–Trinajstić information content (AvgIpc) is 3.21. The van der Waals surface area contributed by atoms with Gasteiger partial charge in [0, 0.05) is 31.2 Å². The molecular weight excluding hydrogens is 328 g/mol. The first-order chi connectivity index (χ1) is 12.8. The van der Waals surface area contributed by atoms with Gasteiger partial charge in [-0.1, -0.05) is 25.1 Å². The van der Waals surface area contributed by atoms with Crippen molar-refractivity contribution in [2.24, 2.45) is 0 Å². The number of nitrogens with zero attached hydrogens (tertiary/aromatic N) is 3. The van der Waals surface area contributed by atoms with Gasteiger partial charge in [-0.3, -0.25) is 0 Å². The van der Waals surface area contributed by atoms with Crippen molar-refractivity contribution in [3.8, 4) is 5.82 Å². The highest BCUT2D eigenvalue weighted by atomic mass is 16.2. The Balaban J connectivity index is 1.42. The fourth-order valence-corrected chi connectivity index (χ4v) is 2.53. The molecule has 0 saturated heterocycles. The average molecular weight is 350 g/mol. The standard InChI is InChI=1S/C19H22N6O/c1-2-15-7-3-4-8-16(15)22-19(26)21-12-11-20-17-9-10-18(24-23-17)25-13-5-6-14-25/h3-10,13-14H,2,11-12H2,1H3,(H,20,23)(H2,21,22,26). The first-order valence-corrected chi connectivity index (χ1v) is 8.60. The fraction of sp³-hybridized carbons (Fsp3) is 0.211. The second-order valence-corrected chi connectivity index (χ2v) is 5.69. The lowest BCUT2D eigenvalue weighted by Crippen LogP contribution is -2.33. The van der Waals surface area contributed by atoms with Crippen molar-refractivity contribution >= 4 is 17.5 Å². The zero-order valence-electron chi connectivity index (χ0n) is 14.6. The van der Waals surface area contributed by atoms with Crippen LogP contribution in [0, 0.1) is 0 Å². The maximum Gasteiger partial charge on any atom is 0.319 e. The van der Waals surface area contributed by atoms with Gasteiger partial charge in [0.25, 0.3) is 0 Å². The molecule has 0 saturated carbocycles. The predicted molar refractivity (Wildman–Crippen MR) is 103 cm³/mol. The third-order valence-electron chi connectivity index (χ3n) is 3.88. The van der Waals surface area contributed by atoms with Gasteiger partial charge in [0.1, 0.15) is 5.82 Å². The highest BCUT2D eigenvalue weighted by molar-refractivity contribution is 5.90. The lowest BCUT2D eigenvalue weighted by molar-refractivity contribution is 0.252. The Morgan fingerprint density at radius 2 is 1.81 bits per heavy atom. The third kappa shape index (κ3) is 4.60. The van der Waals surface area contributed by atoms with Gasteiger partial charge in [0.2, 0.25) is 0 Å². The summed E-state index contributed by atoms with van der Waals surface area (Å²) in [5.41, 5.74) is 1.95. The van der Waals surface area contributed by atoms with Gasteiger partial charge >= 0.3 is 6.03 Å². The molecule has 0 atom stereocenters. The summed E-state index contributed by atoms with van der Waals surface area (Å²) in [4.78, 5) is 12.0. The van der Waals surface area contributed by atoms with Crippen LogP contribution in [-0.2, 0) is 6.42 Å². The number of anilines is 2. The van der Waals surface area contributed by atoms with Gasteiger partial charge in [0.05, 0.1) is 0 Å². The Hall–Kier alpha value is -3.35. The van der Waals surface area contributed by atoms with E-state index in [1.807, 2.05) is 65.5 Å². The number of aryl methyl sites for hydroxylation is 1. The molecule has 7 nitrogen and oxygen atoms in total. The minimum atomic E-state index is -0.221. The van der Waals surface area contributed by atoms with Gasteiger partial charge in [-0.05, 0) is 42.3 Å². The quantitative estimate of drug-likeness (QED) is 0.572. The SMILES string of the molecule is CCc1ccccc1NC(=O)NCCNc1ccc(-n2cccc2)nn1. The maximum atomic E-state index is 12.0. The summed E-state index contributed by atoms with van der Waals surface area (Å²) in [5.74, 6) is 1.42. The molecule has 0 aliphatic heterocycles. The topological polar surface area (TPSA) is 83.9 Å². The molecule has 7 heteroatoms. The van der Waals surface area contributed by atoms with Crippen LogP contribution >= 0.6 is 0 Å². The number of amides is 2. The van der Waals surface area contributed by atoms with Crippen molar-refractivity contribution in [3.05, 3.63) is 66.5 Å². The molecule has 2 aromatic heterocycles. The van der Waals surface area contributed by atoms with Crippen LogP contribution in [0.3, 0.4) is 0 Å². The van der Waals surface area contributed by atoms with Crippen LogP contribution in [0.5, 0.6) is 0 Å². The highest BCUT2D eigenvalue weighted by Gasteiger charge is 2.04. The molecule has 2 amide bonds. The Morgan fingerprint density at radius 3 is 2.54 bits per heavy atom. The highest BCUT2D eigenvalue weighted by Crippen LogP contribution is 2.14. The summed E-state index contributed by atoms with van der Waals surface area (Å²) < 4.78 is 1.89. The predicted octanol–water partition coefficient (Wildman–Crippen LogP) is 3.06. The van der Waals surface area contributed by atoms with Gasteiger partial charge in [-0.15, -0.1) is 10.2 Å². The molecule has 26 heavy (non-hydrogen) atoms. The van der Waals surface area contributed by atoms with E-state index >= 15 is 0 Å². The number of para-hydroxylation sites is 1. The van der Waals surface area contributed by atoms with E-state index in [4.69, 9.17) is 0 Å². The van der Waals surface area contributed by atoms with Crippen LogP contribution in [0.2, 0.25) is 0 Å². The third-order valence-corrected chi connectivity index (χ3v) is 3.88. The van der Waals surface area contributed by atoms with Crippen molar-refractivity contribution in [2.45, 2.75) is 13.3 Å². The van der Waals surface area contributed by atoms with Crippen LogP contribution in [0.15, 0.2) is 60.9 Å². The Labute approximate surface area is 152 Å². The van der Waals surface area contributed by atoms with E-state index in [0.717, 1.165) is 23.5 Å². The second kappa shape index (κ2) is 8.66. The maximum absolute atomic E-state index is 12.0. The molecule has 3 aromatic rings. The van der Waals surface area contributed by atoms with E-state index < -0.39 is 0 Å². The number of nitrogens with one attached hydrogen (secondary N) is 3. The molecule has 0 spiro atoms. The number of rotatable bonds is 7. The molecule has 0 aliphatic rings. The lowest BCUT2D eigenvalue weighted by Gasteiger charge is -2.11. The lowest BCUT2D eigenvalue weighted by atomic mass is 10.1. The van der Waals surface area contributed by atoms with Gasteiger partial charge in [0.15, 0.2) is 5.82 Å². The number of aromatic nitrogens is 3. The number of hydrogen-bond donors (Lipinski definition) is 3. The Bertz CT molecular complexity index is 830. The summed E-state index contributed by atoms with van der Waals surface area (Å²) in [6.07, 6.45) is 4.70. The Morgan fingerprint density at radius 1 is 1.00 bits per heavy atom. The van der Waals surface area contributed by atoms with Crippen LogP contribution in [0.25, 0.3) is 5.82 Å². The van der Waals surface area contributed by atoms with Crippen LogP contribution in [-0.4, -0.2) is 33.9 Å². The summed E-state index contributed by atoms with van der Waals surface area (Å²) in [6, 6.07) is 15.2. The molecule has 3 rings (SSSR count). The summed E-state index contributed by atoms with van der Waals surface area (Å²) in [7, 11) is 0. The van der Waals surface area contributed by atoms with E-state index in [0.29, 0.717) is 18.9 Å². The number of hydrogen-bond acceptors (Lipinski definition) is 4. The van der Waals surface area contributed by atoms with E-state index in [1.165, 1.54) is 0 Å². The first kappa shape index (κ1) is 17.5. The first-order valence-electron chi connectivity index (χ1n) is 8.60. The monoisotopic (exact) mass is 350 g/mol. The van der Waals surface area contributed by atoms with E-state index in [-0.39, 0.29) is 6.03 Å². The largest absolute Gasteiger partial charge is 0.367 e.